The SMILES string of the molecule is CCOCCOc1nc(-c2cccc(Cl)c2)n(C(=O)c2ccccc2Cl)n1. The molecule has 1 heterocycles. The van der Waals surface area contributed by atoms with Crippen LogP contribution in [0, 0.1) is 0 Å². The van der Waals surface area contributed by atoms with Gasteiger partial charge in [-0.3, -0.25) is 4.79 Å². The number of aromatic nitrogens is 3. The van der Waals surface area contributed by atoms with Gasteiger partial charge in [-0.25, -0.2) is 0 Å². The summed E-state index contributed by atoms with van der Waals surface area (Å²) in [7, 11) is 0. The number of carbonyl (C=O) groups excluding carboxylic acids is 1. The lowest BCUT2D eigenvalue weighted by Gasteiger charge is -2.06. The van der Waals surface area contributed by atoms with Gasteiger partial charge in [-0.2, -0.15) is 9.67 Å². The molecule has 8 heteroatoms. The zero-order valence-corrected chi connectivity index (χ0v) is 16.1. The van der Waals surface area contributed by atoms with Crippen LogP contribution in [0.15, 0.2) is 48.5 Å². The Hall–Kier alpha value is -2.41. The van der Waals surface area contributed by atoms with Gasteiger partial charge >= 0.3 is 6.01 Å². The number of rotatable bonds is 7. The third kappa shape index (κ3) is 4.66. The molecule has 0 saturated heterocycles. The van der Waals surface area contributed by atoms with E-state index in [1.165, 1.54) is 4.68 Å². The summed E-state index contributed by atoms with van der Waals surface area (Å²) in [6, 6.07) is 13.8. The van der Waals surface area contributed by atoms with Crippen LogP contribution in [-0.2, 0) is 4.74 Å². The topological polar surface area (TPSA) is 66.2 Å². The van der Waals surface area contributed by atoms with E-state index in [-0.39, 0.29) is 12.6 Å². The molecule has 27 heavy (non-hydrogen) atoms. The van der Waals surface area contributed by atoms with Crippen molar-refractivity contribution in [1.82, 2.24) is 14.8 Å². The standard InChI is InChI=1S/C19H17Cl2N3O3/c1-2-26-10-11-27-19-22-17(13-6-5-7-14(20)12-13)24(23-19)18(25)15-8-3-4-9-16(15)21/h3-9,12H,2,10-11H2,1H3. The van der Waals surface area contributed by atoms with Crippen molar-refractivity contribution in [2.45, 2.75) is 6.92 Å². The number of halogens is 2. The highest BCUT2D eigenvalue weighted by Gasteiger charge is 2.21. The van der Waals surface area contributed by atoms with E-state index in [9.17, 15) is 4.79 Å². The molecule has 3 rings (SSSR count). The Kier molecular flexibility index (Phi) is 6.45. The van der Waals surface area contributed by atoms with Crippen molar-refractivity contribution in [3.63, 3.8) is 0 Å². The van der Waals surface area contributed by atoms with Gasteiger partial charge in [0, 0.05) is 17.2 Å². The van der Waals surface area contributed by atoms with Crippen LogP contribution < -0.4 is 4.74 Å². The minimum Gasteiger partial charge on any atom is -0.460 e. The van der Waals surface area contributed by atoms with Crippen molar-refractivity contribution in [2.24, 2.45) is 0 Å². The van der Waals surface area contributed by atoms with Crippen LogP contribution in [0.1, 0.15) is 17.3 Å². The molecule has 1 aromatic heterocycles. The van der Waals surface area contributed by atoms with Crippen LogP contribution in [0.3, 0.4) is 0 Å². The Balaban J connectivity index is 1.98. The second kappa shape index (κ2) is 8.99. The molecule has 0 bridgehead atoms. The van der Waals surface area contributed by atoms with Crippen LogP contribution >= 0.6 is 23.2 Å². The molecule has 6 nitrogen and oxygen atoms in total. The zero-order chi connectivity index (χ0) is 19.2. The molecule has 3 aromatic rings. The summed E-state index contributed by atoms with van der Waals surface area (Å²) in [6.07, 6.45) is 0. The quantitative estimate of drug-likeness (QED) is 0.546. The molecule has 140 valence electrons. The fourth-order valence-electron chi connectivity index (χ4n) is 2.40. The average molecular weight is 406 g/mol. The summed E-state index contributed by atoms with van der Waals surface area (Å²) in [4.78, 5) is 17.3. The maximum atomic E-state index is 13.0. The highest BCUT2D eigenvalue weighted by atomic mass is 35.5. The average Bonchev–Trinajstić information content (AvgIpc) is 3.09. The van der Waals surface area contributed by atoms with Crippen LogP contribution in [0.4, 0.5) is 0 Å². The van der Waals surface area contributed by atoms with Gasteiger partial charge in [-0.05, 0) is 31.2 Å². The summed E-state index contributed by atoms with van der Waals surface area (Å²) < 4.78 is 11.9. The summed E-state index contributed by atoms with van der Waals surface area (Å²) in [6.45, 7) is 3.15. The maximum Gasteiger partial charge on any atom is 0.336 e. The van der Waals surface area contributed by atoms with E-state index in [1.54, 1.807) is 48.5 Å². The van der Waals surface area contributed by atoms with Crippen LogP contribution in [-0.4, -0.2) is 40.5 Å². The highest BCUT2D eigenvalue weighted by Crippen LogP contribution is 2.25. The van der Waals surface area contributed by atoms with Gasteiger partial charge in [0.2, 0.25) is 0 Å². The predicted octanol–water partition coefficient (Wildman–Crippen LogP) is 4.36. The molecule has 0 spiro atoms. The normalized spacial score (nSPS) is 10.8. The van der Waals surface area contributed by atoms with E-state index < -0.39 is 5.91 Å². The van der Waals surface area contributed by atoms with E-state index in [0.717, 1.165) is 0 Å². The molecule has 0 aliphatic carbocycles. The van der Waals surface area contributed by atoms with Gasteiger partial charge in [0.15, 0.2) is 5.82 Å². The Morgan fingerprint density at radius 3 is 2.67 bits per heavy atom. The number of nitrogens with zero attached hydrogens (tertiary/aromatic N) is 3. The van der Waals surface area contributed by atoms with Crippen LogP contribution in [0.2, 0.25) is 10.0 Å². The lowest BCUT2D eigenvalue weighted by Crippen LogP contribution is -2.16. The second-order valence-corrected chi connectivity index (χ2v) is 6.31. The van der Waals surface area contributed by atoms with Crippen molar-refractivity contribution in [1.29, 1.82) is 0 Å². The number of hydrogen-bond acceptors (Lipinski definition) is 5. The van der Waals surface area contributed by atoms with Gasteiger partial charge in [-0.15, -0.1) is 5.10 Å². The molecule has 0 aliphatic rings. The Labute approximate surface area is 166 Å². The third-order valence-corrected chi connectivity index (χ3v) is 4.19. The number of carbonyl (C=O) groups is 1. The fraction of sp³-hybridized carbons (Fsp3) is 0.211. The molecule has 2 aromatic carbocycles. The van der Waals surface area contributed by atoms with Gasteiger partial charge in [0.05, 0.1) is 17.2 Å². The summed E-state index contributed by atoms with van der Waals surface area (Å²) >= 11 is 12.2. The van der Waals surface area contributed by atoms with Crippen LogP contribution in [0.25, 0.3) is 11.4 Å². The molecule has 0 unspecified atom stereocenters. The van der Waals surface area contributed by atoms with E-state index in [2.05, 4.69) is 10.1 Å². The van der Waals surface area contributed by atoms with Gasteiger partial charge in [0.1, 0.15) is 6.61 Å². The van der Waals surface area contributed by atoms with Crippen molar-refractivity contribution < 1.29 is 14.3 Å². The lowest BCUT2D eigenvalue weighted by molar-refractivity contribution is 0.0938. The Morgan fingerprint density at radius 1 is 1.11 bits per heavy atom. The maximum absolute atomic E-state index is 13.0. The largest absolute Gasteiger partial charge is 0.460 e. The first-order valence-corrected chi connectivity index (χ1v) is 9.08. The molecule has 0 amide bonds. The number of benzene rings is 2. The molecule has 0 aliphatic heterocycles. The first kappa shape index (κ1) is 19.4. The second-order valence-electron chi connectivity index (χ2n) is 5.47. The van der Waals surface area contributed by atoms with Crippen molar-refractivity contribution >= 4 is 29.1 Å². The molecular weight excluding hydrogens is 389 g/mol. The van der Waals surface area contributed by atoms with Crippen molar-refractivity contribution in [3.05, 3.63) is 64.1 Å². The molecule has 0 fully saturated rings. The van der Waals surface area contributed by atoms with Gasteiger partial charge in [0.25, 0.3) is 5.91 Å². The summed E-state index contributed by atoms with van der Waals surface area (Å²) in [5.41, 5.74) is 0.947. The van der Waals surface area contributed by atoms with E-state index in [1.807, 2.05) is 6.92 Å². The zero-order valence-electron chi connectivity index (χ0n) is 14.6. The highest BCUT2D eigenvalue weighted by molar-refractivity contribution is 6.34. The minimum absolute atomic E-state index is 0.0742. The third-order valence-electron chi connectivity index (χ3n) is 3.63. The molecule has 0 saturated carbocycles. The Morgan fingerprint density at radius 2 is 1.93 bits per heavy atom. The molecular formula is C19H17Cl2N3O3. The molecule has 0 atom stereocenters. The first-order valence-electron chi connectivity index (χ1n) is 8.33. The smallest absolute Gasteiger partial charge is 0.336 e. The van der Waals surface area contributed by atoms with Gasteiger partial charge in [-0.1, -0.05) is 47.5 Å². The lowest BCUT2D eigenvalue weighted by atomic mass is 10.2. The predicted molar refractivity (Wildman–Crippen MR) is 104 cm³/mol. The minimum atomic E-state index is -0.414. The fourth-order valence-corrected chi connectivity index (χ4v) is 2.80. The first-order chi connectivity index (χ1) is 13.1. The van der Waals surface area contributed by atoms with Crippen molar-refractivity contribution in [2.75, 3.05) is 19.8 Å². The van der Waals surface area contributed by atoms with E-state index in [0.29, 0.717) is 40.2 Å². The summed E-state index contributed by atoms with van der Waals surface area (Å²) in [5.74, 6) is -0.100. The number of hydrogen-bond donors (Lipinski definition) is 0. The van der Waals surface area contributed by atoms with E-state index >= 15 is 0 Å². The summed E-state index contributed by atoms with van der Waals surface area (Å²) in [5, 5.41) is 5.05. The number of ether oxygens (including phenoxy) is 2. The van der Waals surface area contributed by atoms with Crippen molar-refractivity contribution in [3.8, 4) is 17.4 Å². The molecule has 0 radical (unpaired) electrons. The van der Waals surface area contributed by atoms with E-state index in [4.69, 9.17) is 32.7 Å². The van der Waals surface area contributed by atoms with Gasteiger partial charge < -0.3 is 9.47 Å². The Bertz CT molecular complexity index is 943. The molecule has 0 N–H and O–H groups in total. The van der Waals surface area contributed by atoms with Crippen LogP contribution in [0.5, 0.6) is 6.01 Å². The monoisotopic (exact) mass is 405 g/mol.